The van der Waals surface area contributed by atoms with E-state index in [1.165, 1.54) is 29.8 Å². The van der Waals surface area contributed by atoms with Crippen molar-refractivity contribution in [2.75, 3.05) is 7.11 Å². The maximum Gasteiger partial charge on any atom is 0.417 e. The Kier molecular flexibility index (Phi) is 9.59. The number of alkyl halides is 3. The van der Waals surface area contributed by atoms with E-state index in [0.29, 0.717) is 53.2 Å². The second-order valence-electron chi connectivity index (χ2n) is 12.7. The van der Waals surface area contributed by atoms with Crippen LogP contribution in [0.3, 0.4) is 0 Å². The quantitative estimate of drug-likeness (QED) is 0.162. The largest absolute Gasteiger partial charge is 0.496 e. The summed E-state index contributed by atoms with van der Waals surface area (Å²) in [5.74, 6) is 1.05. The van der Waals surface area contributed by atoms with Crippen LogP contribution in [0, 0.1) is 31.1 Å². The minimum absolute atomic E-state index is 0.0224. The zero-order valence-electron chi connectivity index (χ0n) is 27.6. The number of pyridine rings is 1. The molecule has 0 radical (unpaired) electrons. The van der Waals surface area contributed by atoms with Gasteiger partial charge in [0.2, 0.25) is 0 Å². The molecule has 1 aliphatic carbocycles. The highest BCUT2D eigenvalue weighted by Crippen LogP contribution is 2.40. The van der Waals surface area contributed by atoms with Crippen molar-refractivity contribution in [1.82, 2.24) is 14.6 Å². The summed E-state index contributed by atoms with van der Waals surface area (Å²) in [6.07, 6.45) is 3.29. The summed E-state index contributed by atoms with van der Waals surface area (Å²) < 4.78 is 50.3. The van der Waals surface area contributed by atoms with Gasteiger partial charge < -0.3 is 14.9 Å². The normalized spacial score (nSPS) is 16.7. The fourth-order valence-electron chi connectivity index (χ4n) is 6.83. The molecule has 252 valence electrons. The maximum atomic E-state index is 14.4. The summed E-state index contributed by atoms with van der Waals surface area (Å²) in [5, 5.41) is 33.7. The lowest BCUT2D eigenvalue weighted by molar-refractivity contribution is -0.137. The zero-order chi connectivity index (χ0) is 34.9. The minimum Gasteiger partial charge on any atom is -0.496 e. The van der Waals surface area contributed by atoms with E-state index in [1.807, 2.05) is 50.2 Å². The van der Waals surface area contributed by atoms with Crippen LogP contribution in [-0.2, 0) is 19.2 Å². The summed E-state index contributed by atoms with van der Waals surface area (Å²) in [6, 6.07) is 17.9. The smallest absolute Gasteiger partial charge is 0.417 e. The molecule has 0 saturated heterocycles. The molecule has 0 amide bonds. The second-order valence-corrected chi connectivity index (χ2v) is 12.7. The molecule has 1 aliphatic rings. The van der Waals surface area contributed by atoms with Crippen molar-refractivity contribution in [2.45, 2.75) is 64.8 Å². The van der Waals surface area contributed by atoms with E-state index in [2.05, 4.69) is 16.2 Å². The van der Waals surface area contributed by atoms with Gasteiger partial charge in [0.15, 0.2) is 11.5 Å². The Balaban J connectivity index is 1.35. The van der Waals surface area contributed by atoms with Crippen LogP contribution in [0.2, 0.25) is 0 Å². The molecule has 1 fully saturated rings. The molecule has 0 bridgehead atoms. The van der Waals surface area contributed by atoms with Gasteiger partial charge in [0.05, 0.1) is 30.9 Å². The van der Waals surface area contributed by atoms with Crippen LogP contribution in [0.5, 0.6) is 5.75 Å². The van der Waals surface area contributed by atoms with Crippen molar-refractivity contribution < 1.29 is 28.1 Å². The molecular formula is C39H37F3N4O3. The lowest BCUT2D eigenvalue weighted by atomic mass is 9.82. The first-order chi connectivity index (χ1) is 23.5. The predicted octanol–water partition coefficient (Wildman–Crippen LogP) is 8.34. The highest BCUT2D eigenvalue weighted by Gasteiger charge is 2.34. The van der Waals surface area contributed by atoms with Crippen LogP contribution in [0.1, 0.15) is 70.2 Å². The molecule has 2 N–H and O–H groups in total. The topological polar surface area (TPSA) is 104 Å². The summed E-state index contributed by atoms with van der Waals surface area (Å²) in [5.41, 5.74) is 6.22. The van der Waals surface area contributed by atoms with Gasteiger partial charge in [0.1, 0.15) is 11.8 Å². The Morgan fingerprint density at radius 3 is 2.31 bits per heavy atom. The van der Waals surface area contributed by atoms with Crippen molar-refractivity contribution in [3.63, 3.8) is 0 Å². The third-order valence-corrected chi connectivity index (χ3v) is 9.56. The van der Waals surface area contributed by atoms with E-state index in [0.717, 1.165) is 46.2 Å². The molecule has 0 spiro atoms. The monoisotopic (exact) mass is 666 g/mol. The minimum atomic E-state index is -4.56. The summed E-state index contributed by atoms with van der Waals surface area (Å²) in [7, 11) is 1.48. The van der Waals surface area contributed by atoms with Crippen LogP contribution in [0.4, 0.5) is 13.2 Å². The average Bonchev–Trinajstić information content (AvgIpc) is 3.52. The van der Waals surface area contributed by atoms with Crippen LogP contribution in [-0.4, -0.2) is 38.0 Å². The molecular weight excluding hydrogens is 629 g/mol. The Labute approximate surface area is 282 Å². The Morgan fingerprint density at radius 1 is 0.959 bits per heavy atom. The van der Waals surface area contributed by atoms with Gasteiger partial charge in [-0.2, -0.15) is 18.4 Å². The molecule has 2 aromatic heterocycles. The lowest BCUT2D eigenvalue weighted by Gasteiger charge is -2.26. The number of fused-ring (bicyclic) bond motifs is 1. The number of methoxy groups -OCH3 is 1. The molecule has 2 heterocycles. The van der Waals surface area contributed by atoms with Crippen molar-refractivity contribution in [1.29, 1.82) is 5.26 Å². The van der Waals surface area contributed by atoms with E-state index in [4.69, 9.17) is 4.74 Å². The molecule has 49 heavy (non-hydrogen) atoms. The number of aromatic nitrogens is 3. The zero-order valence-corrected chi connectivity index (χ0v) is 27.6. The lowest BCUT2D eigenvalue weighted by Crippen LogP contribution is -2.20. The molecule has 0 aliphatic heterocycles. The number of nitrogens with zero attached hydrogens (tertiary/aromatic N) is 4. The van der Waals surface area contributed by atoms with Gasteiger partial charge in [0.25, 0.3) is 0 Å². The van der Waals surface area contributed by atoms with Crippen molar-refractivity contribution >= 4 is 17.8 Å². The SMILES string of the molecule is COc1cc(/C=C/c2cccc(-c3cccc(-c4nc5c(C#N)cc(CO)cn5n4)c3C)c2C)c(C(F)(F)F)cc1CC1CCC(O)CC1. The number of aliphatic hydroxyl groups excluding tert-OH is 2. The van der Waals surface area contributed by atoms with E-state index >= 15 is 0 Å². The predicted molar refractivity (Wildman–Crippen MR) is 183 cm³/mol. The van der Waals surface area contributed by atoms with Crippen molar-refractivity contribution in [3.05, 3.63) is 105 Å². The van der Waals surface area contributed by atoms with E-state index < -0.39 is 11.7 Å². The number of halogens is 3. The van der Waals surface area contributed by atoms with E-state index in [1.54, 1.807) is 18.3 Å². The van der Waals surface area contributed by atoms with Gasteiger partial charge in [0, 0.05) is 11.8 Å². The first-order valence-corrected chi connectivity index (χ1v) is 16.2. The Bertz CT molecular complexity index is 2090. The number of hydrogen-bond donors (Lipinski definition) is 2. The molecule has 7 nitrogen and oxygen atoms in total. The number of ether oxygens (including phenoxy) is 1. The number of aliphatic hydroxyl groups is 2. The van der Waals surface area contributed by atoms with Gasteiger partial charge in [-0.15, -0.1) is 5.10 Å². The van der Waals surface area contributed by atoms with Gasteiger partial charge >= 0.3 is 6.18 Å². The Morgan fingerprint density at radius 2 is 1.63 bits per heavy atom. The molecule has 3 aromatic carbocycles. The molecule has 0 atom stereocenters. The van der Waals surface area contributed by atoms with Crippen molar-refractivity contribution in [2.24, 2.45) is 5.92 Å². The van der Waals surface area contributed by atoms with Crippen LogP contribution < -0.4 is 4.74 Å². The molecule has 6 rings (SSSR count). The van der Waals surface area contributed by atoms with Gasteiger partial charge in [-0.05, 0) is 115 Å². The second kappa shape index (κ2) is 13.9. The summed E-state index contributed by atoms with van der Waals surface area (Å²) in [6.45, 7) is 3.67. The van der Waals surface area contributed by atoms with Crippen LogP contribution in [0.15, 0.2) is 60.8 Å². The molecule has 5 aromatic rings. The highest BCUT2D eigenvalue weighted by atomic mass is 19.4. The summed E-state index contributed by atoms with van der Waals surface area (Å²) >= 11 is 0. The fourth-order valence-corrected chi connectivity index (χ4v) is 6.83. The van der Waals surface area contributed by atoms with Gasteiger partial charge in [-0.3, -0.25) is 0 Å². The standard InChI is InChI=1S/C39H37F3N4O3/c1-23-27(12-13-28-19-36(49-3)29(18-35(28)39(40,41)42)16-25-10-14-31(48)15-11-25)6-4-7-32(23)33-8-5-9-34(24(33)2)37-44-38-30(20-43)17-26(22-47)21-46(38)45-37/h4-9,12-13,17-19,21,25,31,47-48H,10-11,14-16,22H2,1-3H3/b13-12+. The highest BCUT2D eigenvalue weighted by molar-refractivity contribution is 5.82. The first kappa shape index (κ1) is 33.9. The number of hydrogen-bond acceptors (Lipinski definition) is 6. The summed E-state index contributed by atoms with van der Waals surface area (Å²) in [4.78, 5) is 4.64. The molecule has 0 unspecified atom stereocenters. The van der Waals surface area contributed by atoms with E-state index in [9.17, 15) is 28.6 Å². The number of rotatable bonds is 8. The average molecular weight is 667 g/mol. The van der Waals surface area contributed by atoms with Gasteiger partial charge in [-0.1, -0.05) is 48.6 Å². The van der Waals surface area contributed by atoms with Crippen LogP contribution >= 0.6 is 0 Å². The van der Waals surface area contributed by atoms with E-state index in [-0.39, 0.29) is 24.2 Å². The van der Waals surface area contributed by atoms with Gasteiger partial charge in [-0.25, -0.2) is 9.50 Å². The fraction of sp³-hybridized carbons (Fsp3) is 0.308. The molecule has 10 heteroatoms. The number of benzene rings is 3. The Hall–Kier alpha value is -4.98. The maximum absolute atomic E-state index is 14.4. The van der Waals surface area contributed by atoms with Crippen molar-refractivity contribution in [3.8, 4) is 34.3 Å². The third-order valence-electron chi connectivity index (χ3n) is 9.56. The third kappa shape index (κ3) is 6.95. The first-order valence-electron chi connectivity index (χ1n) is 16.2. The van der Waals surface area contributed by atoms with Crippen LogP contribution in [0.25, 0.3) is 40.3 Å². The number of nitriles is 1. The molecule has 1 saturated carbocycles.